The molecule has 4 aromatic rings. The SMILES string of the molecule is CC(C)NC(=O)c1sc2ncccc2c1C1CN(C(=O)c2cn(C)c3ccccc23)CCO1. The first-order valence-electron chi connectivity index (χ1n) is 11.1. The number of amides is 2. The van der Waals surface area contributed by atoms with Crippen LogP contribution in [0.3, 0.4) is 0 Å². The van der Waals surface area contributed by atoms with E-state index in [0.29, 0.717) is 30.1 Å². The molecule has 7 nitrogen and oxygen atoms in total. The molecule has 1 atom stereocenters. The molecule has 170 valence electrons. The highest BCUT2D eigenvalue weighted by Crippen LogP contribution is 2.37. The highest BCUT2D eigenvalue weighted by molar-refractivity contribution is 7.20. The van der Waals surface area contributed by atoms with Crippen LogP contribution in [0.5, 0.6) is 0 Å². The molecule has 1 aliphatic heterocycles. The second kappa shape index (κ2) is 8.61. The van der Waals surface area contributed by atoms with E-state index in [4.69, 9.17) is 4.74 Å². The fourth-order valence-corrected chi connectivity index (χ4v) is 5.56. The van der Waals surface area contributed by atoms with Gasteiger partial charge in [0.1, 0.15) is 15.8 Å². The van der Waals surface area contributed by atoms with Gasteiger partial charge in [-0.1, -0.05) is 24.3 Å². The third-order valence-electron chi connectivity index (χ3n) is 5.93. The van der Waals surface area contributed by atoms with Crippen LogP contribution in [0.2, 0.25) is 0 Å². The van der Waals surface area contributed by atoms with Gasteiger partial charge in [0.15, 0.2) is 0 Å². The number of morpholine rings is 1. The molecule has 8 heteroatoms. The van der Waals surface area contributed by atoms with Gasteiger partial charge in [-0.3, -0.25) is 9.59 Å². The first-order chi connectivity index (χ1) is 15.9. The number of nitrogens with zero attached hydrogens (tertiary/aromatic N) is 3. The Kier molecular flexibility index (Phi) is 5.64. The molecular weight excluding hydrogens is 436 g/mol. The van der Waals surface area contributed by atoms with Crippen LogP contribution in [-0.4, -0.2) is 52.0 Å². The lowest BCUT2D eigenvalue weighted by Crippen LogP contribution is -2.42. The monoisotopic (exact) mass is 462 g/mol. The first-order valence-corrected chi connectivity index (χ1v) is 11.9. The fourth-order valence-electron chi connectivity index (χ4n) is 4.46. The molecule has 5 rings (SSSR count). The van der Waals surface area contributed by atoms with Crippen LogP contribution in [0, 0.1) is 0 Å². The summed E-state index contributed by atoms with van der Waals surface area (Å²) in [6, 6.07) is 11.8. The quantitative estimate of drug-likeness (QED) is 0.495. The zero-order valence-electron chi connectivity index (χ0n) is 18.9. The fraction of sp³-hybridized carbons (Fsp3) is 0.320. The molecule has 1 saturated heterocycles. The van der Waals surface area contributed by atoms with Gasteiger partial charge in [0.05, 0.1) is 18.7 Å². The Hall–Kier alpha value is -3.23. The molecule has 0 saturated carbocycles. The molecule has 0 radical (unpaired) electrons. The van der Waals surface area contributed by atoms with Crippen LogP contribution < -0.4 is 5.32 Å². The van der Waals surface area contributed by atoms with Crippen LogP contribution in [0.25, 0.3) is 21.1 Å². The lowest BCUT2D eigenvalue weighted by atomic mass is 10.0. The number of carbonyl (C=O) groups is 2. The second-order valence-corrected chi connectivity index (χ2v) is 9.61. The molecule has 3 aromatic heterocycles. The standard InChI is InChI=1S/C25H26N4O3S/c1-15(2)27-23(30)22-21(17-8-6-10-26-24(17)33-22)20-14-29(11-12-32-20)25(31)18-13-28(3)19-9-5-4-7-16(18)19/h4-10,13,15,20H,11-12,14H2,1-3H3,(H,27,30). The Labute approximate surface area is 196 Å². The number of nitrogens with one attached hydrogen (secondary N) is 1. The number of rotatable bonds is 4. The van der Waals surface area contributed by atoms with Crippen molar-refractivity contribution in [3.8, 4) is 0 Å². The molecule has 1 fully saturated rings. The number of ether oxygens (including phenoxy) is 1. The van der Waals surface area contributed by atoms with E-state index in [1.165, 1.54) is 11.3 Å². The topological polar surface area (TPSA) is 76.5 Å². The van der Waals surface area contributed by atoms with E-state index in [2.05, 4.69) is 10.3 Å². The van der Waals surface area contributed by atoms with Crippen LogP contribution in [0.4, 0.5) is 0 Å². The zero-order chi connectivity index (χ0) is 23.1. The second-order valence-electron chi connectivity index (χ2n) is 8.61. The number of carbonyl (C=O) groups excluding carboxylic acids is 2. The van der Waals surface area contributed by atoms with Crippen LogP contribution >= 0.6 is 11.3 Å². The van der Waals surface area contributed by atoms with Gasteiger partial charge in [0.25, 0.3) is 11.8 Å². The highest BCUT2D eigenvalue weighted by Gasteiger charge is 2.33. The molecule has 2 amide bonds. The van der Waals surface area contributed by atoms with Gasteiger partial charge < -0.3 is 19.5 Å². The van der Waals surface area contributed by atoms with Crippen molar-refractivity contribution in [2.75, 3.05) is 19.7 Å². The summed E-state index contributed by atoms with van der Waals surface area (Å²) in [5.41, 5.74) is 2.52. The van der Waals surface area contributed by atoms with Crippen molar-refractivity contribution in [1.29, 1.82) is 0 Å². The number of hydrogen-bond donors (Lipinski definition) is 1. The molecule has 1 aliphatic rings. The predicted octanol–water partition coefficient (Wildman–Crippen LogP) is 4.14. The number of benzene rings is 1. The van der Waals surface area contributed by atoms with E-state index in [1.807, 2.05) is 73.0 Å². The number of thiophene rings is 1. The van der Waals surface area contributed by atoms with Gasteiger partial charge in [-0.15, -0.1) is 11.3 Å². The van der Waals surface area contributed by atoms with Crippen molar-refractivity contribution in [3.63, 3.8) is 0 Å². The number of aromatic nitrogens is 2. The van der Waals surface area contributed by atoms with Gasteiger partial charge in [0, 0.05) is 53.9 Å². The summed E-state index contributed by atoms with van der Waals surface area (Å²) in [4.78, 5) is 34.2. The Morgan fingerprint density at radius 1 is 1.18 bits per heavy atom. The Balaban J connectivity index is 1.50. The Morgan fingerprint density at radius 3 is 2.79 bits per heavy atom. The largest absolute Gasteiger partial charge is 0.370 e. The van der Waals surface area contributed by atoms with Crippen molar-refractivity contribution in [1.82, 2.24) is 19.8 Å². The lowest BCUT2D eigenvalue weighted by molar-refractivity contribution is -0.0222. The molecule has 1 aromatic carbocycles. The van der Waals surface area contributed by atoms with Crippen LogP contribution in [-0.2, 0) is 11.8 Å². The normalized spacial score (nSPS) is 16.6. The summed E-state index contributed by atoms with van der Waals surface area (Å²) in [5.74, 6) is -0.157. The van der Waals surface area contributed by atoms with Crippen molar-refractivity contribution >= 4 is 44.3 Å². The first kappa shape index (κ1) is 21.6. The number of pyridine rings is 1. The van der Waals surface area contributed by atoms with Gasteiger partial charge in [-0.2, -0.15) is 0 Å². The molecule has 0 aliphatic carbocycles. The third-order valence-corrected chi connectivity index (χ3v) is 7.06. The number of hydrogen-bond acceptors (Lipinski definition) is 5. The molecular formula is C25H26N4O3S. The maximum atomic E-state index is 13.5. The summed E-state index contributed by atoms with van der Waals surface area (Å²) in [6.07, 6.45) is 3.22. The number of fused-ring (bicyclic) bond motifs is 2. The van der Waals surface area contributed by atoms with Crippen molar-refractivity contribution < 1.29 is 14.3 Å². The molecule has 33 heavy (non-hydrogen) atoms. The highest BCUT2D eigenvalue weighted by atomic mass is 32.1. The lowest BCUT2D eigenvalue weighted by Gasteiger charge is -2.33. The van der Waals surface area contributed by atoms with Gasteiger partial charge in [-0.05, 0) is 26.0 Å². The maximum absolute atomic E-state index is 13.5. The molecule has 0 bridgehead atoms. The van der Waals surface area contributed by atoms with E-state index in [9.17, 15) is 9.59 Å². The Morgan fingerprint density at radius 2 is 1.97 bits per heavy atom. The van der Waals surface area contributed by atoms with Crippen molar-refractivity contribution in [2.45, 2.75) is 26.0 Å². The van der Waals surface area contributed by atoms with Gasteiger partial charge in [-0.25, -0.2) is 4.98 Å². The molecule has 0 spiro atoms. The van der Waals surface area contributed by atoms with Crippen molar-refractivity contribution in [3.05, 3.63) is 64.8 Å². The van der Waals surface area contributed by atoms with E-state index in [0.717, 1.165) is 26.7 Å². The van der Waals surface area contributed by atoms with Crippen LogP contribution in [0.15, 0.2) is 48.8 Å². The molecule has 4 heterocycles. The Bertz CT molecular complexity index is 1360. The summed E-state index contributed by atoms with van der Waals surface area (Å²) >= 11 is 1.37. The average Bonchev–Trinajstić information content (AvgIpc) is 3.37. The minimum absolute atomic E-state index is 0.0141. The van der Waals surface area contributed by atoms with E-state index in [-0.39, 0.29) is 17.9 Å². The molecule has 1 N–H and O–H groups in total. The summed E-state index contributed by atoms with van der Waals surface area (Å²) < 4.78 is 8.11. The predicted molar refractivity (Wildman–Crippen MR) is 130 cm³/mol. The van der Waals surface area contributed by atoms with Crippen LogP contribution in [0.1, 0.15) is 45.5 Å². The summed E-state index contributed by atoms with van der Waals surface area (Å²) in [7, 11) is 1.95. The average molecular weight is 463 g/mol. The third kappa shape index (κ3) is 3.89. The van der Waals surface area contributed by atoms with Gasteiger partial charge >= 0.3 is 0 Å². The zero-order valence-corrected chi connectivity index (χ0v) is 19.7. The van der Waals surface area contributed by atoms with Gasteiger partial charge in [0.2, 0.25) is 0 Å². The van der Waals surface area contributed by atoms with Crippen molar-refractivity contribution in [2.24, 2.45) is 7.05 Å². The number of aryl methyl sites for hydroxylation is 1. The summed E-state index contributed by atoms with van der Waals surface area (Å²) in [6.45, 7) is 5.16. The van der Waals surface area contributed by atoms with E-state index in [1.54, 1.807) is 6.20 Å². The minimum Gasteiger partial charge on any atom is -0.370 e. The smallest absolute Gasteiger partial charge is 0.262 e. The van der Waals surface area contributed by atoms with E-state index >= 15 is 0 Å². The molecule has 1 unspecified atom stereocenters. The number of para-hydroxylation sites is 1. The summed E-state index contributed by atoms with van der Waals surface area (Å²) in [5, 5.41) is 4.83. The minimum atomic E-state index is -0.400. The maximum Gasteiger partial charge on any atom is 0.262 e. The van der Waals surface area contributed by atoms with E-state index < -0.39 is 6.10 Å².